The highest BCUT2D eigenvalue weighted by Crippen LogP contribution is 2.38. The van der Waals surface area contributed by atoms with Gasteiger partial charge < -0.3 is 5.32 Å². The zero-order valence-electron chi connectivity index (χ0n) is 12.3. The second-order valence-corrected chi connectivity index (χ2v) is 5.91. The molecular formula is C19H20N2. The van der Waals surface area contributed by atoms with Gasteiger partial charge in [0.15, 0.2) is 0 Å². The van der Waals surface area contributed by atoms with Crippen LogP contribution in [-0.2, 0) is 6.54 Å². The summed E-state index contributed by atoms with van der Waals surface area (Å²) in [5, 5.41) is 12.5. The van der Waals surface area contributed by atoms with Gasteiger partial charge in [0.25, 0.3) is 0 Å². The van der Waals surface area contributed by atoms with Crippen molar-refractivity contribution >= 4 is 0 Å². The number of hydrogen-bond acceptors (Lipinski definition) is 2. The molecule has 0 heterocycles. The molecule has 1 aliphatic rings. The van der Waals surface area contributed by atoms with E-state index in [0.29, 0.717) is 12.0 Å². The molecule has 0 amide bonds. The lowest BCUT2D eigenvalue weighted by atomic mass is 9.74. The minimum atomic E-state index is 0.598. The van der Waals surface area contributed by atoms with Crippen LogP contribution in [-0.4, -0.2) is 6.04 Å². The number of aryl methyl sites for hydroxylation is 1. The molecule has 1 saturated carbocycles. The van der Waals surface area contributed by atoms with Crippen molar-refractivity contribution in [1.29, 1.82) is 5.26 Å². The number of nitriles is 1. The van der Waals surface area contributed by atoms with Gasteiger partial charge in [-0.3, -0.25) is 0 Å². The first-order valence-corrected chi connectivity index (χ1v) is 7.54. The molecule has 0 aliphatic heterocycles. The van der Waals surface area contributed by atoms with E-state index < -0.39 is 0 Å². The van der Waals surface area contributed by atoms with Gasteiger partial charge in [-0.25, -0.2) is 0 Å². The second-order valence-electron chi connectivity index (χ2n) is 5.91. The van der Waals surface area contributed by atoms with Crippen LogP contribution in [0.5, 0.6) is 0 Å². The van der Waals surface area contributed by atoms with Crippen molar-refractivity contribution in [3.05, 3.63) is 70.8 Å². The van der Waals surface area contributed by atoms with E-state index in [1.165, 1.54) is 29.5 Å². The Morgan fingerprint density at radius 3 is 2.71 bits per heavy atom. The number of hydrogen-bond donors (Lipinski definition) is 1. The molecule has 0 spiro atoms. The zero-order valence-corrected chi connectivity index (χ0v) is 12.3. The third-order valence-electron chi connectivity index (χ3n) is 4.42. The first kappa shape index (κ1) is 13.9. The Hall–Kier alpha value is -2.11. The number of nitrogens with one attached hydrogen (secondary N) is 1. The standard InChI is InChI=1S/C19H20N2/c1-14-5-2-3-8-19(14)17-10-18(11-17)21-13-16-7-4-6-15(9-16)12-20/h2-9,17-18,21H,10-11,13H2,1H3. The molecule has 0 saturated heterocycles. The summed E-state index contributed by atoms with van der Waals surface area (Å²) < 4.78 is 0. The topological polar surface area (TPSA) is 35.8 Å². The van der Waals surface area contributed by atoms with E-state index in [-0.39, 0.29) is 0 Å². The van der Waals surface area contributed by atoms with Crippen LogP contribution >= 0.6 is 0 Å². The summed E-state index contributed by atoms with van der Waals surface area (Å²) in [6, 6.07) is 19.3. The molecule has 106 valence electrons. The van der Waals surface area contributed by atoms with Gasteiger partial charge in [-0.05, 0) is 54.5 Å². The van der Waals surface area contributed by atoms with Gasteiger partial charge in [0.05, 0.1) is 11.6 Å². The molecule has 2 heteroatoms. The Morgan fingerprint density at radius 2 is 1.95 bits per heavy atom. The highest BCUT2D eigenvalue weighted by atomic mass is 14.9. The van der Waals surface area contributed by atoms with Crippen molar-refractivity contribution in [3.8, 4) is 6.07 Å². The first-order chi connectivity index (χ1) is 10.3. The van der Waals surface area contributed by atoms with Crippen LogP contribution in [0.4, 0.5) is 0 Å². The Labute approximate surface area is 126 Å². The molecule has 0 unspecified atom stereocenters. The van der Waals surface area contributed by atoms with E-state index in [2.05, 4.69) is 48.6 Å². The van der Waals surface area contributed by atoms with Crippen molar-refractivity contribution in [3.63, 3.8) is 0 Å². The molecule has 0 bridgehead atoms. The summed E-state index contributed by atoms with van der Waals surface area (Å²) >= 11 is 0. The van der Waals surface area contributed by atoms with Gasteiger partial charge >= 0.3 is 0 Å². The lowest BCUT2D eigenvalue weighted by molar-refractivity contribution is 0.289. The fraction of sp³-hybridized carbons (Fsp3) is 0.316. The molecule has 2 nitrogen and oxygen atoms in total. The zero-order chi connectivity index (χ0) is 14.7. The fourth-order valence-corrected chi connectivity index (χ4v) is 3.10. The van der Waals surface area contributed by atoms with Crippen LogP contribution in [0.2, 0.25) is 0 Å². The molecule has 0 atom stereocenters. The summed E-state index contributed by atoms with van der Waals surface area (Å²) in [5.41, 5.74) is 4.83. The third-order valence-corrected chi connectivity index (χ3v) is 4.42. The van der Waals surface area contributed by atoms with Crippen molar-refractivity contribution < 1.29 is 0 Å². The number of rotatable bonds is 4. The maximum absolute atomic E-state index is 8.91. The van der Waals surface area contributed by atoms with E-state index in [4.69, 9.17) is 5.26 Å². The fourth-order valence-electron chi connectivity index (χ4n) is 3.10. The average molecular weight is 276 g/mol. The Balaban J connectivity index is 1.51. The van der Waals surface area contributed by atoms with E-state index in [9.17, 15) is 0 Å². The smallest absolute Gasteiger partial charge is 0.0991 e. The van der Waals surface area contributed by atoms with E-state index in [0.717, 1.165) is 12.1 Å². The molecule has 21 heavy (non-hydrogen) atoms. The quantitative estimate of drug-likeness (QED) is 0.919. The molecule has 1 fully saturated rings. The molecule has 1 aliphatic carbocycles. The highest BCUT2D eigenvalue weighted by molar-refractivity contribution is 5.33. The summed E-state index contributed by atoms with van der Waals surface area (Å²) in [4.78, 5) is 0. The molecule has 2 aromatic carbocycles. The predicted molar refractivity (Wildman–Crippen MR) is 84.9 cm³/mol. The van der Waals surface area contributed by atoms with E-state index >= 15 is 0 Å². The van der Waals surface area contributed by atoms with Crippen LogP contribution in [0, 0.1) is 18.3 Å². The molecule has 2 aromatic rings. The van der Waals surface area contributed by atoms with Gasteiger partial charge in [-0.2, -0.15) is 5.26 Å². The lowest BCUT2D eigenvalue weighted by Crippen LogP contribution is -2.39. The van der Waals surface area contributed by atoms with Gasteiger partial charge in [-0.1, -0.05) is 36.4 Å². The predicted octanol–water partition coefficient (Wildman–Crippen LogP) is 3.90. The van der Waals surface area contributed by atoms with Crippen LogP contribution in [0.1, 0.15) is 41.0 Å². The van der Waals surface area contributed by atoms with E-state index in [1.54, 1.807) is 0 Å². The van der Waals surface area contributed by atoms with Gasteiger partial charge in [-0.15, -0.1) is 0 Å². The second kappa shape index (κ2) is 6.11. The van der Waals surface area contributed by atoms with Crippen LogP contribution in [0.15, 0.2) is 48.5 Å². The van der Waals surface area contributed by atoms with E-state index in [1.807, 2.05) is 18.2 Å². The molecule has 1 N–H and O–H groups in total. The molecule has 0 radical (unpaired) electrons. The van der Waals surface area contributed by atoms with Crippen molar-refractivity contribution in [2.75, 3.05) is 0 Å². The minimum Gasteiger partial charge on any atom is -0.310 e. The summed E-state index contributed by atoms with van der Waals surface area (Å²) in [6.07, 6.45) is 2.42. The summed E-state index contributed by atoms with van der Waals surface area (Å²) in [6.45, 7) is 3.05. The van der Waals surface area contributed by atoms with Crippen LogP contribution in [0.25, 0.3) is 0 Å². The largest absolute Gasteiger partial charge is 0.310 e. The minimum absolute atomic E-state index is 0.598. The van der Waals surface area contributed by atoms with Gasteiger partial charge in [0.2, 0.25) is 0 Å². The average Bonchev–Trinajstić information content (AvgIpc) is 2.47. The van der Waals surface area contributed by atoms with Gasteiger partial charge in [0.1, 0.15) is 0 Å². The molecular weight excluding hydrogens is 256 g/mol. The monoisotopic (exact) mass is 276 g/mol. The number of nitrogens with zero attached hydrogens (tertiary/aromatic N) is 1. The summed E-state index contributed by atoms with van der Waals surface area (Å²) in [5.74, 6) is 0.703. The first-order valence-electron chi connectivity index (χ1n) is 7.54. The third kappa shape index (κ3) is 3.15. The lowest BCUT2D eigenvalue weighted by Gasteiger charge is -2.37. The number of benzene rings is 2. The Morgan fingerprint density at radius 1 is 1.14 bits per heavy atom. The van der Waals surface area contributed by atoms with Crippen LogP contribution < -0.4 is 5.32 Å². The van der Waals surface area contributed by atoms with Gasteiger partial charge in [0, 0.05) is 12.6 Å². The van der Waals surface area contributed by atoms with Crippen molar-refractivity contribution in [2.45, 2.75) is 38.3 Å². The maximum Gasteiger partial charge on any atom is 0.0991 e. The molecule has 3 rings (SSSR count). The normalized spacial score (nSPS) is 20.6. The Bertz CT molecular complexity index is 663. The van der Waals surface area contributed by atoms with Crippen molar-refractivity contribution in [2.24, 2.45) is 0 Å². The Kier molecular flexibility index (Phi) is 4.03. The maximum atomic E-state index is 8.91. The summed E-state index contributed by atoms with van der Waals surface area (Å²) in [7, 11) is 0. The van der Waals surface area contributed by atoms with Crippen LogP contribution in [0.3, 0.4) is 0 Å². The SMILES string of the molecule is Cc1ccccc1C1CC(NCc2cccc(C#N)c2)C1. The van der Waals surface area contributed by atoms with Crippen molar-refractivity contribution in [1.82, 2.24) is 5.32 Å². The molecule has 0 aromatic heterocycles. The highest BCUT2D eigenvalue weighted by Gasteiger charge is 2.30.